The van der Waals surface area contributed by atoms with Gasteiger partial charge in [-0.1, -0.05) is 17.3 Å². The summed E-state index contributed by atoms with van der Waals surface area (Å²) in [5.41, 5.74) is -0.115. The summed E-state index contributed by atoms with van der Waals surface area (Å²) in [4.78, 5) is 18.3. The van der Waals surface area contributed by atoms with Crippen LogP contribution in [0.4, 0.5) is 13.2 Å². The molecule has 0 aliphatic carbocycles. The number of likely N-dealkylation sites (tertiary alicyclic amines) is 1. The molecule has 6 nitrogen and oxygen atoms in total. The minimum absolute atomic E-state index is 0.0651. The largest absolute Gasteiger partial charge is 0.416 e. The second-order valence-corrected chi connectivity index (χ2v) is 7.16. The maximum atomic E-state index is 12.9. The highest BCUT2D eigenvalue weighted by Gasteiger charge is 2.39. The van der Waals surface area contributed by atoms with Crippen LogP contribution in [0, 0.1) is 0 Å². The summed E-state index contributed by atoms with van der Waals surface area (Å²) in [6, 6.07) is 4.61. The van der Waals surface area contributed by atoms with Gasteiger partial charge in [0.25, 0.3) is 0 Å². The van der Waals surface area contributed by atoms with E-state index >= 15 is 0 Å². The van der Waals surface area contributed by atoms with Gasteiger partial charge in [0.1, 0.15) is 0 Å². The van der Waals surface area contributed by atoms with E-state index in [1.165, 1.54) is 12.1 Å². The Morgan fingerprint density at radius 3 is 2.61 bits per heavy atom. The minimum Gasteiger partial charge on any atom is -0.339 e. The standard InChI is InChI=1S/C19H23F3N4O2/c1-11(23-2)10-15-24-18(28-25-15)14-8-9-16(27)26(3)17(14)12-4-6-13(7-5-12)19(20,21)22/h4-7,11,14,17,23H,8-10H2,1-3H3. The summed E-state index contributed by atoms with van der Waals surface area (Å²) in [6.07, 6.45) is -2.99. The molecule has 1 aliphatic heterocycles. The number of likely N-dealkylation sites (N-methyl/N-ethyl adjacent to an activating group) is 2. The number of alkyl halides is 3. The molecule has 1 aromatic heterocycles. The van der Waals surface area contributed by atoms with E-state index < -0.39 is 17.8 Å². The predicted octanol–water partition coefficient (Wildman–Crippen LogP) is 3.32. The number of rotatable bonds is 5. The summed E-state index contributed by atoms with van der Waals surface area (Å²) >= 11 is 0. The molecule has 1 amide bonds. The van der Waals surface area contributed by atoms with Crippen molar-refractivity contribution in [2.24, 2.45) is 0 Å². The zero-order chi connectivity index (χ0) is 20.5. The van der Waals surface area contributed by atoms with Gasteiger partial charge < -0.3 is 14.7 Å². The second-order valence-electron chi connectivity index (χ2n) is 7.16. The van der Waals surface area contributed by atoms with Crippen molar-refractivity contribution in [2.45, 2.75) is 50.4 Å². The molecule has 1 saturated heterocycles. The first-order chi connectivity index (χ1) is 13.2. The van der Waals surface area contributed by atoms with Crippen molar-refractivity contribution in [1.29, 1.82) is 0 Å². The molecule has 0 spiro atoms. The van der Waals surface area contributed by atoms with Crippen molar-refractivity contribution >= 4 is 5.91 Å². The Morgan fingerprint density at radius 2 is 2.00 bits per heavy atom. The van der Waals surface area contributed by atoms with Gasteiger partial charge in [-0.05, 0) is 38.1 Å². The Morgan fingerprint density at radius 1 is 1.32 bits per heavy atom. The van der Waals surface area contributed by atoms with Gasteiger partial charge in [-0.15, -0.1) is 0 Å². The molecule has 3 atom stereocenters. The molecular formula is C19H23F3N4O2. The van der Waals surface area contributed by atoms with Crippen LogP contribution < -0.4 is 5.32 Å². The molecule has 1 N–H and O–H groups in total. The van der Waals surface area contributed by atoms with Gasteiger partial charge in [-0.2, -0.15) is 18.2 Å². The predicted molar refractivity (Wildman–Crippen MR) is 95.5 cm³/mol. The molecule has 0 radical (unpaired) electrons. The van der Waals surface area contributed by atoms with E-state index in [9.17, 15) is 18.0 Å². The Hall–Kier alpha value is -2.42. The van der Waals surface area contributed by atoms with E-state index in [0.29, 0.717) is 36.5 Å². The topological polar surface area (TPSA) is 71.3 Å². The molecule has 0 bridgehead atoms. The van der Waals surface area contributed by atoms with Crippen molar-refractivity contribution in [3.8, 4) is 0 Å². The number of nitrogens with zero attached hydrogens (tertiary/aromatic N) is 3. The zero-order valence-electron chi connectivity index (χ0n) is 16.0. The first-order valence-corrected chi connectivity index (χ1v) is 9.13. The van der Waals surface area contributed by atoms with E-state index in [0.717, 1.165) is 12.1 Å². The van der Waals surface area contributed by atoms with E-state index in [1.54, 1.807) is 11.9 Å². The van der Waals surface area contributed by atoms with Crippen LogP contribution in [0.25, 0.3) is 0 Å². The number of amides is 1. The number of nitrogens with one attached hydrogen (secondary N) is 1. The highest BCUT2D eigenvalue weighted by molar-refractivity contribution is 5.77. The van der Waals surface area contributed by atoms with Crippen LogP contribution in [0.2, 0.25) is 0 Å². The van der Waals surface area contributed by atoms with Gasteiger partial charge >= 0.3 is 6.18 Å². The fourth-order valence-electron chi connectivity index (χ4n) is 3.50. The number of benzene rings is 1. The molecule has 3 rings (SSSR count). The smallest absolute Gasteiger partial charge is 0.339 e. The Kier molecular flexibility index (Phi) is 5.74. The zero-order valence-corrected chi connectivity index (χ0v) is 16.0. The third-order valence-electron chi connectivity index (χ3n) is 5.22. The Bertz CT molecular complexity index is 819. The Balaban J connectivity index is 1.90. The minimum atomic E-state index is -4.41. The van der Waals surface area contributed by atoms with Crippen LogP contribution in [0.1, 0.15) is 54.6 Å². The number of piperidine rings is 1. The third-order valence-corrected chi connectivity index (χ3v) is 5.22. The normalized spacial score (nSPS) is 21.8. The quantitative estimate of drug-likeness (QED) is 0.840. The molecule has 2 heterocycles. The van der Waals surface area contributed by atoms with Crippen molar-refractivity contribution in [3.63, 3.8) is 0 Å². The molecule has 152 valence electrons. The lowest BCUT2D eigenvalue weighted by Crippen LogP contribution is -2.39. The summed E-state index contributed by atoms with van der Waals surface area (Å²) in [5, 5.41) is 7.12. The summed E-state index contributed by atoms with van der Waals surface area (Å²) < 4.78 is 44.1. The molecule has 1 aromatic carbocycles. The highest BCUT2D eigenvalue weighted by Crippen LogP contribution is 2.42. The summed E-state index contributed by atoms with van der Waals surface area (Å²) in [6.45, 7) is 1.99. The lowest BCUT2D eigenvalue weighted by atomic mass is 9.84. The van der Waals surface area contributed by atoms with Gasteiger partial charge in [-0.25, -0.2) is 0 Å². The molecule has 0 saturated carbocycles. The van der Waals surface area contributed by atoms with E-state index in [-0.39, 0.29) is 17.9 Å². The van der Waals surface area contributed by atoms with Crippen LogP contribution in [0.15, 0.2) is 28.8 Å². The number of carbonyl (C=O) groups excluding carboxylic acids is 1. The van der Waals surface area contributed by atoms with E-state index in [4.69, 9.17) is 4.52 Å². The van der Waals surface area contributed by atoms with Crippen molar-refractivity contribution < 1.29 is 22.5 Å². The average molecular weight is 396 g/mol. The summed E-state index contributed by atoms with van der Waals surface area (Å²) in [7, 11) is 3.49. The van der Waals surface area contributed by atoms with Gasteiger partial charge in [0.2, 0.25) is 11.8 Å². The van der Waals surface area contributed by atoms with Gasteiger partial charge in [0, 0.05) is 25.9 Å². The molecule has 1 aliphatic rings. The van der Waals surface area contributed by atoms with Crippen LogP contribution in [-0.2, 0) is 17.4 Å². The molecular weight excluding hydrogens is 373 g/mol. The Labute approximate surface area is 161 Å². The maximum Gasteiger partial charge on any atom is 0.416 e. The van der Waals surface area contributed by atoms with Crippen LogP contribution in [-0.4, -0.2) is 41.1 Å². The number of halogens is 3. The van der Waals surface area contributed by atoms with E-state index in [2.05, 4.69) is 15.5 Å². The van der Waals surface area contributed by atoms with Crippen molar-refractivity contribution in [2.75, 3.05) is 14.1 Å². The summed E-state index contributed by atoms with van der Waals surface area (Å²) in [5.74, 6) is 0.625. The number of carbonyl (C=O) groups is 1. The molecule has 28 heavy (non-hydrogen) atoms. The second kappa shape index (κ2) is 7.90. The molecule has 2 aromatic rings. The third kappa shape index (κ3) is 4.19. The van der Waals surface area contributed by atoms with Crippen LogP contribution in [0.3, 0.4) is 0 Å². The maximum absolute atomic E-state index is 12.9. The van der Waals surface area contributed by atoms with Gasteiger partial charge in [0.15, 0.2) is 5.82 Å². The average Bonchev–Trinajstić information content (AvgIpc) is 3.11. The highest BCUT2D eigenvalue weighted by atomic mass is 19.4. The molecule has 9 heteroatoms. The first kappa shape index (κ1) is 20.3. The SMILES string of the molecule is CNC(C)Cc1noc(C2CCC(=O)N(C)C2c2ccc(C(F)(F)F)cc2)n1. The van der Waals surface area contributed by atoms with Crippen LogP contribution >= 0.6 is 0 Å². The number of hydrogen-bond donors (Lipinski definition) is 1. The first-order valence-electron chi connectivity index (χ1n) is 9.13. The van der Waals surface area contributed by atoms with Crippen LogP contribution in [0.5, 0.6) is 0 Å². The van der Waals surface area contributed by atoms with E-state index in [1.807, 2.05) is 14.0 Å². The number of aromatic nitrogens is 2. The molecule has 3 unspecified atom stereocenters. The fourth-order valence-corrected chi connectivity index (χ4v) is 3.50. The van der Waals surface area contributed by atoms with Crippen molar-refractivity contribution in [1.82, 2.24) is 20.4 Å². The monoisotopic (exact) mass is 396 g/mol. The lowest BCUT2D eigenvalue weighted by molar-refractivity contribution is -0.138. The van der Waals surface area contributed by atoms with Gasteiger partial charge in [-0.3, -0.25) is 4.79 Å². The fraction of sp³-hybridized carbons (Fsp3) is 0.526. The van der Waals surface area contributed by atoms with Crippen molar-refractivity contribution in [3.05, 3.63) is 47.1 Å². The molecule has 1 fully saturated rings. The number of hydrogen-bond acceptors (Lipinski definition) is 5. The van der Waals surface area contributed by atoms with Gasteiger partial charge in [0.05, 0.1) is 17.5 Å². The lowest BCUT2D eigenvalue weighted by Gasteiger charge is -2.37.